The average Bonchev–Trinajstić information content (AvgIpc) is 2.60. The third kappa shape index (κ3) is 5.26. The first-order valence-corrected chi connectivity index (χ1v) is 8.10. The Morgan fingerprint density at radius 1 is 1.12 bits per heavy atom. The summed E-state index contributed by atoms with van der Waals surface area (Å²) in [5.74, 6) is -0.181. The number of para-hydroxylation sites is 1. The first-order valence-electron chi connectivity index (χ1n) is 8.10. The lowest BCUT2D eigenvalue weighted by atomic mass is 10.0. The fraction of sp³-hybridized carbons (Fsp3) is 0.316. The number of benzene rings is 2. The van der Waals surface area contributed by atoms with E-state index in [0.717, 1.165) is 18.5 Å². The van der Waals surface area contributed by atoms with Gasteiger partial charge >= 0.3 is 6.61 Å². The Hall–Kier alpha value is -2.47. The van der Waals surface area contributed by atoms with Crippen LogP contribution in [0.1, 0.15) is 34.5 Å². The molecule has 1 atom stereocenters. The summed E-state index contributed by atoms with van der Waals surface area (Å²) in [6.07, 6.45) is 0.722. The summed E-state index contributed by atoms with van der Waals surface area (Å²) in [4.78, 5) is 12.6. The first-order chi connectivity index (χ1) is 12.0. The maximum absolute atomic E-state index is 12.6. The summed E-state index contributed by atoms with van der Waals surface area (Å²) < 4.78 is 29.6. The quantitative estimate of drug-likeness (QED) is 0.767. The van der Waals surface area contributed by atoms with Crippen LogP contribution in [0.3, 0.4) is 0 Å². The van der Waals surface area contributed by atoms with Crippen LogP contribution in [0.5, 0.6) is 5.75 Å². The minimum atomic E-state index is -2.91. The molecule has 6 heteroatoms. The van der Waals surface area contributed by atoms with Crippen molar-refractivity contribution in [3.05, 3.63) is 65.2 Å². The molecule has 0 saturated heterocycles. The van der Waals surface area contributed by atoms with Crippen LogP contribution in [-0.4, -0.2) is 26.1 Å². The molecular weight excluding hydrogens is 326 g/mol. The first kappa shape index (κ1) is 18.9. The van der Waals surface area contributed by atoms with E-state index in [1.165, 1.54) is 6.07 Å². The number of hydrogen-bond donors (Lipinski definition) is 2. The maximum atomic E-state index is 12.6. The van der Waals surface area contributed by atoms with E-state index in [9.17, 15) is 13.6 Å². The molecule has 2 N–H and O–H groups in total. The van der Waals surface area contributed by atoms with E-state index in [4.69, 9.17) is 0 Å². The second kappa shape index (κ2) is 9.13. The van der Waals surface area contributed by atoms with Gasteiger partial charge in [-0.05, 0) is 44.6 Å². The van der Waals surface area contributed by atoms with Crippen molar-refractivity contribution in [3.63, 3.8) is 0 Å². The average molecular weight is 348 g/mol. The lowest BCUT2D eigenvalue weighted by molar-refractivity contribution is -0.0506. The summed E-state index contributed by atoms with van der Waals surface area (Å²) in [7, 11) is 1.85. The molecule has 25 heavy (non-hydrogen) atoms. The van der Waals surface area contributed by atoms with Crippen LogP contribution >= 0.6 is 0 Å². The number of alkyl halides is 2. The SMILES string of the molecule is CNCCc1ccccc1C(=O)NC(C)c1ccccc1OC(F)F. The van der Waals surface area contributed by atoms with E-state index in [1.807, 2.05) is 19.2 Å². The molecule has 134 valence electrons. The normalized spacial score (nSPS) is 12.0. The molecule has 0 aliphatic rings. The molecule has 0 fully saturated rings. The van der Waals surface area contributed by atoms with Crippen LogP contribution in [0, 0.1) is 0 Å². The fourth-order valence-corrected chi connectivity index (χ4v) is 2.61. The van der Waals surface area contributed by atoms with E-state index in [0.29, 0.717) is 11.1 Å². The van der Waals surface area contributed by atoms with E-state index < -0.39 is 12.7 Å². The van der Waals surface area contributed by atoms with E-state index in [-0.39, 0.29) is 11.7 Å². The summed E-state index contributed by atoms with van der Waals surface area (Å²) in [6.45, 7) is -0.418. The Kier molecular flexibility index (Phi) is 6.89. The van der Waals surface area contributed by atoms with Crippen LogP contribution in [0.4, 0.5) is 8.78 Å². The predicted molar refractivity (Wildman–Crippen MR) is 93.0 cm³/mol. The molecule has 0 aromatic heterocycles. The van der Waals surface area contributed by atoms with Crippen molar-refractivity contribution in [2.45, 2.75) is 26.0 Å². The van der Waals surface area contributed by atoms with Crippen molar-refractivity contribution < 1.29 is 18.3 Å². The van der Waals surface area contributed by atoms with Crippen molar-refractivity contribution in [2.24, 2.45) is 0 Å². The molecule has 0 heterocycles. The van der Waals surface area contributed by atoms with Crippen LogP contribution in [-0.2, 0) is 6.42 Å². The van der Waals surface area contributed by atoms with Crippen LogP contribution in [0.25, 0.3) is 0 Å². The highest BCUT2D eigenvalue weighted by molar-refractivity contribution is 5.96. The standard InChI is InChI=1S/C19H22F2N2O2/c1-13(15-8-5-6-10-17(15)25-19(20)21)23-18(24)16-9-4-3-7-14(16)11-12-22-2/h3-10,13,19,22H,11-12H2,1-2H3,(H,23,24). The summed E-state index contributed by atoms with van der Waals surface area (Å²) in [5.41, 5.74) is 2.01. The van der Waals surface area contributed by atoms with Gasteiger partial charge in [0.15, 0.2) is 0 Å². The number of likely N-dealkylation sites (N-methyl/N-ethyl adjacent to an activating group) is 1. The van der Waals surface area contributed by atoms with Gasteiger partial charge in [-0.25, -0.2) is 0 Å². The van der Waals surface area contributed by atoms with Crippen molar-refractivity contribution >= 4 is 5.91 Å². The second-order valence-corrected chi connectivity index (χ2v) is 5.62. The van der Waals surface area contributed by atoms with Gasteiger partial charge in [0.05, 0.1) is 6.04 Å². The number of hydrogen-bond acceptors (Lipinski definition) is 3. The number of ether oxygens (including phenoxy) is 1. The fourth-order valence-electron chi connectivity index (χ4n) is 2.61. The molecule has 2 rings (SSSR count). The van der Waals surface area contributed by atoms with Gasteiger partial charge in [0, 0.05) is 11.1 Å². The van der Waals surface area contributed by atoms with E-state index in [2.05, 4.69) is 15.4 Å². The van der Waals surface area contributed by atoms with Crippen LogP contribution < -0.4 is 15.4 Å². The molecule has 2 aromatic carbocycles. The van der Waals surface area contributed by atoms with E-state index in [1.54, 1.807) is 37.3 Å². The van der Waals surface area contributed by atoms with Crippen molar-refractivity contribution in [1.82, 2.24) is 10.6 Å². The molecule has 0 aliphatic carbocycles. The van der Waals surface area contributed by atoms with Crippen molar-refractivity contribution in [2.75, 3.05) is 13.6 Å². The summed E-state index contributed by atoms with van der Waals surface area (Å²) >= 11 is 0. The van der Waals surface area contributed by atoms with Gasteiger partial charge < -0.3 is 15.4 Å². The van der Waals surface area contributed by atoms with Gasteiger partial charge in [-0.3, -0.25) is 4.79 Å². The molecule has 0 aliphatic heterocycles. The number of carbonyl (C=O) groups is 1. The summed E-state index contributed by atoms with van der Waals surface area (Å²) in [5, 5.41) is 5.91. The molecular formula is C19H22F2N2O2. The number of halogens is 2. The zero-order valence-corrected chi connectivity index (χ0v) is 14.3. The highest BCUT2D eigenvalue weighted by Crippen LogP contribution is 2.26. The minimum Gasteiger partial charge on any atom is -0.434 e. The molecule has 0 radical (unpaired) electrons. The Labute approximate surface area is 146 Å². The second-order valence-electron chi connectivity index (χ2n) is 5.62. The van der Waals surface area contributed by atoms with Gasteiger partial charge in [-0.1, -0.05) is 36.4 Å². The molecule has 0 spiro atoms. The maximum Gasteiger partial charge on any atom is 0.387 e. The smallest absolute Gasteiger partial charge is 0.387 e. The highest BCUT2D eigenvalue weighted by atomic mass is 19.3. The largest absolute Gasteiger partial charge is 0.434 e. The highest BCUT2D eigenvalue weighted by Gasteiger charge is 2.18. The number of rotatable bonds is 8. The molecule has 1 amide bonds. The topological polar surface area (TPSA) is 50.4 Å². The lowest BCUT2D eigenvalue weighted by Crippen LogP contribution is -2.28. The molecule has 4 nitrogen and oxygen atoms in total. The molecule has 1 unspecified atom stereocenters. The van der Waals surface area contributed by atoms with Gasteiger partial charge in [0.1, 0.15) is 5.75 Å². The number of amides is 1. The van der Waals surface area contributed by atoms with Crippen LogP contribution in [0.2, 0.25) is 0 Å². The van der Waals surface area contributed by atoms with Gasteiger partial charge in [0.25, 0.3) is 5.91 Å². The lowest BCUT2D eigenvalue weighted by Gasteiger charge is -2.19. The number of carbonyl (C=O) groups excluding carboxylic acids is 1. The minimum absolute atomic E-state index is 0.0637. The van der Waals surface area contributed by atoms with Crippen molar-refractivity contribution in [3.8, 4) is 5.75 Å². The number of nitrogens with one attached hydrogen (secondary N) is 2. The Bertz CT molecular complexity index is 707. The Balaban J connectivity index is 2.16. The molecule has 0 saturated carbocycles. The Morgan fingerprint density at radius 3 is 2.52 bits per heavy atom. The van der Waals surface area contributed by atoms with Crippen molar-refractivity contribution in [1.29, 1.82) is 0 Å². The summed E-state index contributed by atoms with van der Waals surface area (Å²) in [6, 6.07) is 13.3. The molecule has 2 aromatic rings. The zero-order valence-electron chi connectivity index (χ0n) is 14.3. The monoisotopic (exact) mass is 348 g/mol. The van der Waals surface area contributed by atoms with Gasteiger partial charge in [-0.15, -0.1) is 0 Å². The van der Waals surface area contributed by atoms with Gasteiger partial charge in [0.2, 0.25) is 0 Å². The molecule has 0 bridgehead atoms. The van der Waals surface area contributed by atoms with Crippen LogP contribution in [0.15, 0.2) is 48.5 Å². The third-order valence-electron chi connectivity index (χ3n) is 3.86. The predicted octanol–water partition coefficient (Wildman–Crippen LogP) is 3.54. The van der Waals surface area contributed by atoms with Gasteiger partial charge in [-0.2, -0.15) is 8.78 Å². The Morgan fingerprint density at radius 2 is 1.80 bits per heavy atom. The van der Waals surface area contributed by atoms with E-state index >= 15 is 0 Å². The zero-order chi connectivity index (χ0) is 18.2. The third-order valence-corrected chi connectivity index (χ3v) is 3.86.